The van der Waals surface area contributed by atoms with Gasteiger partial charge in [-0.2, -0.15) is 10.5 Å². The summed E-state index contributed by atoms with van der Waals surface area (Å²) in [6.45, 7) is 15.6. The molecule has 0 spiro atoms. The number of para-hydroxylation sites is 2. The second-order valence-electron chi connectivity index (χ2n) is 18.9. The highest BCUT2D eigenvalue weighted by atomic mass is 28.4. The first-order valence-electron chi connectivity index (χ1n) is 21.7. The minimum absolute atomic E-state index is 0.128. The van der Waals surface area contributed by atoms with E-state index in [9.17, 15) is 10.5 Å². The quantitative estimate of drug-likeness (QED) is 0.113. The van der Waals surface area contributed by atoms with Crippen molar-refractivity contribution >= 4 is 82.6 Å². The fourth-order valence-corrected chi connectivity index (χ4v) is 24.2. The van der Waals surface area contributed by atoms with Crippen molar-refractivity contribution in [1.29, 1.82) is 10.5 Å². The zero-order valence-electron chi connectivity index (χ0n) is 36.6. The van der Waals surface area contributed by atoms with E-state index >= 15 is 0 Å². The van der Waals surface area contributed by atoms with Gasteiger partial charge in [0.2, 0.25) is 0 Å². The molecule has 9 aromatic rings. The average Bonchev–Trinajstić information content (AvgIpc) is 3.62. The van der Waals surface area contributed by atoms with Crippen LogP contribution in [0.25, 0.3) is 43.4 Å². The fourth-order valence-electron chi connectivity index (χ4n) is 11.2. The molecule has 6 heteroatoms. The number of rotatable bonds is 8. The minimum atomic E-state index is -2.12. The molecule has 0 bridgehead atoms. The molecule has 0 amide bonds. The van der Waals surface area contributed by atoms with Gasteiger partial charge in [-0.25, -0.2) is 0 Å². The van der Waals surface area contributed by atoms with Crippen LogP contribution in [0.3, 0.4) is 0 Å². The molecule has 0 N–H and O–H groups in total. The predicted octanol–water partition coefficient (Wildman–Crippen LogP) is 15.9. The van der Waals surface area contributed by atoms with Gasteiger partial charge < -0.3 is 9.80 Å². The van der Waals surface area contributed by atoms with Crippen LogP contribution in [0.2, 0.25) is 39.3 Å². The number of fused-ring (bicyclic) bond motifs is 9. The van der Waals surface area contributed by atoms with Crippen molar-refractivity contribution < 1.29 is 0 Å². The first kappa shape index (κ1) is 39.9. The SMILES string of the molecule is C[Si](C)(C)C1([Si](C)(C)C)c2cc3cc(N(c4ccccc4)c4ccc(C#N)cc4)ccc3cc2-c2c1c1ccc(N(c3ccccc3)c3ccc(C#N)cc3)cc1c1ccccc21. The van der Waals surface area contributed by atoms with E-state index < -0.39 is 16.1 Å². The lowest BCUT2D eigenvalue weighted by Crippen LogP contribution is -2.63. The molecule has 304 valence electrons. The molecule has 0 heterocycles. The second-order valence-corrected chi connectivity index (χ2v) is 29.9. The maximum absolute atomic E-state index is 9.64. The van der Waals surface area contributed by atoms with E-state index in [4.69, 9.17) is 0 Å². The van der Waals surface area contributed by atoms with Crippen LogP contribution < -0.4 is 9.80 Å². The molecule has 0 aromatic heterocycles. The van der Waals surface area contributed by atoms with Crippen LogP contribution in [0.15, 0.2) is 182 Å². The Hall–Kier alpha value is -7.23. The maximum Gasteiger partial charge on any atom is 0.0991 e. The van der Waals surface area contributed by atoms with Gasteiger partial charge >= 0.3 is 0 Å². The molecule has 0 saturated carbocycles. The Morgan fingerprint density at radius 1 is 0.397 bits per heavy atom. The van der Waals surface area contributed by atoms with E-state index in [1.54, 1.807) is 0 Å². The number of nitrogens with zero attached hydrogens (tertiary/aromatic N) is 4. The van der Waals surface area contributed by atoms with Crippen molar-refractivity contribution in [3.8, 4) is 23.3 Å². The van der Waals surface area contributed by atoms with Gasteiger partial charge in [0, 0.05) is 38.8 Å². The maximum atomic E-state index is 9.64. The first-order valence-corrected chi connectivity index (χ1v) is 28.7. The molecule has 9 aromatic carbocycles. The van der Waals surface area contributed by atoms with Crippen LogP contribution in [-0.2, 0) is 4.66 Å². The first-order chi connectivity index (χ1) is 30.4. The van der Waals surface area contributed by atoms with Crippen molar-refractivity contribution in [2.24, 2.45) is 0 Å². The third-order valence-electron chi connectivity index (χ3n) is 13.3. The van der Waals surface area contributed by atoms with Gasteiger partial charge in [-0.3, -0.25) is 0 Å². The van der Waals surface area contributed by atoms with Gasteiger partial charge in [-0.05, 0) is 158 Å². The van der Waals surface area contributed by atoms with E-state index in [-0.39, 0.29) is 4.66 Å². The molecule has 4 nitrogen and oxygen atoms in total. The van der Waals surface area contributed by atoms with Crippen LogP contribution in [0.1, 0.15) is 22.3 Å². The molecule has 0 fully saturated rings. The van der Waals surface area contributed by atoms with E-state index in [1.807, 2.05) is 48.5 Å². The summed E-state index contributed by atoms with van der Waals surface area (Å²) >= 11 is 0. The molecule has 0 saturated heterocycles. The number of hydrogen-bond acceptors (Lipinski definition) is 4. The van der Waals surface area contributed by atoms with Crippen LogP contribution in [0.5, 0.6) is 0 Å². The molecule has 63 heavy (non-hydrogen) atoms. The molecule has 0 aliphatic heterocycles. The second kappa shape index (κ2) is 15.0. The lowest BCUT2D eigenvalue weighted by atomic mass is 9.90. The Kier molecular flexibility index (Phi) is 9.49. The molecule has 1 aliphatic carbocycles. The Labute approximate surface area is 372 Å². The van der Waals surface area contributed by atoms with Crippen LogP contribution >= 0.6 is 0 Å². The summed E-state index contributed by atoms with van der Waals surface area (Å²) in [4.78, 5) is 4.60. The van der Waals surface area contributed by atoms with Gasteiger partial charge in [0.15, 0.2) is 0 Å². The smallest absolute Gasteiger partial charge is 0.0991 e. The van der Waals surface area contributed by atoms with Gasteiger partial charge in [-0.1, -0.05) is 118 Å². The lowest BCUT2D eigenvalue weighted by molar-refractivity contribution is 0.965. The molecule has 10 rings (SSSR count). The number of benzene rings is 9. The van der Waals surface area contributed by atoms with Crippen molar-refractivity contribution in [1.82, 2.24) is 0 Å². The highest BCUT2D eigenvalue weighted by molar-refractivity contribution is 7.00. The normalized spacial score (nSPS) is 13.0. The summed E-state index contributed by atoms with van der Waals surface area (Å²) in [7, 11) is -4.23. The number of anilines is 6. The molecular weight excluding hydrogens is 797 g/mol. The van der Waals surface area contributed by atoms with E-state index in [2.05, 4.69) is 195 Å². The molecule has 0 unspecified atom stereocenters. The van der Waals surface area contributed by atoms with Crippen LogP contribution in [0.4, 0.5) is 34.1 Å². The van der Waals surface area contributed by atoms with Gasteiger partial charge in [0.1, 0.15) is 0 Å². The fraction of sp³-hybridized carbons (Fsp3) is 0.123. The highest BCUT2D eigenvalue weighted by Gasteiger charge is 2.60. The number of nitriles is 2. The highest BCUT2D eigenvalue weighted by Crippen LogP contribution is 2.62. The van der Waals surface area contributed by atoms with Gasteiger partial charge in [-0.15, -0.1) is 0 Å². The standard InChI is InChI=1S/C57H48N4Si2/c1-62(2,3)57(63(4,5)6)54-35-42-33-47(60(43-15-9-7-10-16-43)45-26-21-39(37-58)22-27-45)30-25-41(42)34-53(54)55-50-20-14-13-19-49(50)52-36-48(31-32-51(52)56(55)57)61(44-17-11-8-12-18-44)46-28-23-40(38-59)24-29-46/h7-36H,1-6H3. The third kappa shape index (κ3) is 6.29. The zero-order chi connectivity index (χ0) is 43.7. The van der Waals surface area contributed by atoms with Gasteiger partial charge in [0.05, 0.1) is 39.4 Å². The van der Waals surface area contributed by atoms with Crippen molar-refractivity contribution in [3.63, 3.8) is 0 Å². The molecular formula is C57H48N4Si2. The summed E-state index contributed by atoms with van der Waals surface area (Å²) in [6.07, 6.45) is 0. The Balaban J connectivity index is 1.24. The Morgan fingerprint density at radius 2 is 0.857 bits per heavy atom. The third-order valence-corrected chi connectivity index (χ3v) is 23.4. The summed E-state index contributed by atoms with van der Waals surface area (Å²) < 4.78 is -0.128. The largest absolute Gasteiger partial charge is 0.310 e. The Bertz CT molecular complexity index is 3300. The molecule has 1 aliphatic rings. The van der Waals surface area contributed by atoms with Crippen molar-refractivity contribution in [2.75, 3.05) is 9.80 Å². The van der Waals surface area contributed by atoms with Crippen molar-refractivity contribution in [2.45, 2.75) is 43.9 Å². The number of hydrogen-bond donors (Lipinski definition) is 0. The summed E-state index contributed by atoms with van der Waals surface area (Å²) in [6, 6.07) is 69.6. The summed E-state index contributed by atoms with van der Waals surface area (Å²) in [5.74, 6) is 0. The van der Waals surface area contributed by atoms with E-state index in [0.717, 1.165) is 34.1 Å². The Morgan fingerprint density at radius 3 is 1.38 bits per heavy atom. The van der Waals surface area contributed by atoms with E-state index in [1.165, 1.54) is 54.6 Å². The summed E-state index contributed by atoms with van der Waals surface area (Å²) in [5, 5.41) is 26.8. The van der Waals surface area contributed by atoms with Gasteiger partial charge in [0.25, 0.3) is 0 Å². The minimum Gasteiger partial charge on any atom is -0.310 e. The molecule has 0 radical (unpaired) electrons. The average molecular weight is 845 g/mol. The summed E-state index contributed by atoms with van der Waals surface area (Å²) in [5.41, 5.74) is 13.3. The van der Waals surface area contributed by atoms with E-state index in [0.29, 0.717) is 11.1 Å². The van der Waals surface area contributed by atoms with Crippen molar-refractivity contribution in [3.05, 3.63) is 204 Å². The molecule has 0 atom stereocenters. The monoisotopic (exact) mass is 844 g/mol. The lowest BCUT2D eigenvalue weighted by Gasteiger charge is -2.51. The van der Waals surface area contributed by atoms with Crippen LogP contribution in [0, 0.1) is 22.7 Å². The topological polar surface area (TPSA) is 54.1 Å². The predicted molar refractivity (Wildman–Crippen MR) is 271 cm³/mol. The zero-order valence-corrected chi connectivity index (χ0v) is 38.6. The van der Waals surface area contributed by atoms with Crippen LogP contribution in [-0.4, -0.2) is 16.1 Å².